The van der Waals surface area contributed by atoms with Crippen molar-refractivity contribution in [1.82, 2.24) is 9.78 Å². The van der Waals surface area contributed by atoms with Crippen molar-refractivity contribution in [1.29, 1.82) is 0 Å². The summed E-state index contributed by atoms with van der Waals surface area (Å²) >= 11 is 11.0. The zero-order valence-electron chi connectivity index (χ0n) is 10.6. The van der Waals surface area contributed by atoms with Gasteiger partial charge in [-0.15, -0.1) is 0 Å². The van der Waals surface area contributed by atoms with Crippen LogP contribution in [0.5, 0.6) is 0 Å². The molecule has 0 aliphatic heterocycles. The van der Waals surface area contributed by atoms with Crippen LogP contribution >= 0.6 is 23.8 Å². The number of benzene rings is 1. The fourth-order valence-corrected chi connectivity index (χ4v) is 2.23. The molecule has 2 aromatic rings. The molecule has 0 fully saturated rings. The molecule has 0 amide bonds. The second-order valence-electron chi connectivity index (χ2n) is 4.31. The van der Waals surface area contributed by atoms with E-state index in [-0.39, 0.29) is 10.8 Å². The van der Waals surface area contributed by atoms with Gasteiger partial charge in [-0.05, 0) is 31.5 Å². The van der Waals surface area contributed by atoms with Gasteiger partial charge >= 0.3 is 0 Å². The molecule has 1 aromatic heterocycles. The van der Waals surface area contributed by atoms with Crippen LogP contribution in [0.15, 0.2) is 18.2 Å². The highest BCUT2D eigenvalue weighted by Crippen LogP contribution is 2.21. The number of aryl methyl sites for hydroxylation is 1. The largest absolute Gasteiger partial charge is 0.389 e. The lowest BCUT2D eigenvalue weighted by atomic mass is 10.1. The Morgan fingerprint density at radius 3 is 2.68 bits per heavy atom. The molecule has 0 radical (unpaired) electrons. The van der Waals surface area contributed by atoms with Crippen LogP contribution in [0.1, 0.15) is 22.5 Å². The number of halogens is 2. The van der Waals surface area contributed by atoms with Crippen molar-refractivity contribution in [3.05, 3.63) is 51.6 Å². The predicted molar refractivity (Wildman–Crippen MR) is 78.1 cm³/mol. The third-order valence-electron chi connectivity index (χ3n) is 2.95. The summed E-state index contributed by atoms with van der Waals surface area (Å²) in [5.74, 6) is -0.363. The van der Waals surface area contributed by atoms with Gasteiger partial charge in [0, 0.05) is 5.56 Å². The van der Waals surface area contributed by atoms with E-state index in [0.29, 0.717) is 17.1 Å². The average molecular weight is 298 g/mol. The molecule has 0 unspecified atom stereocenters. The lowest BCUT2D eigenvalue weighted by molar-refractivity contribution is 0.622. The van der Waals surface area contributed by atoms with E-state index in [4.69, 9.17) is 29.6 Å². The molecule has 0 atom stereocenters. The second kappa shape index (κ2) is 5.27. The number of aromatic nitrogens is 2. The average Bonchev–Trinajstić information content (AvgIpc) is 2.59. The van der Waals surface area contributed by atoms with E-state index in [1.165, 1.54) is 12.1 Å². The van der Waals surface area contributed by atoms with Crippen LogP contribution in [0.4, 0.5) is 4.39 Å². The third-order valence-corrected chi connectivity index (χ3v) is 3.72. The zero-order valence-corrected chi connectivity index (χ0v) is 12.1. The Morgan fingerprint density at radius 2 is 2.16 bits per heavy atom. The molecule has 2 rings (SSSR count). The van der Waals surface area contributed by atoms with Crippen LogP contribution < -0.4 is 5.73 Å². The second-order valence-corrected chi connectivity index (χ2v) is 5.13. The molecular formula is C13H13ClFN3S. The van der Waals surface area contributed by atoms with Crippen LogP contribution in [0.2, 0.25) is 5.02 Å². The van der Waals surface area contributed by atoms with Crippen molar-refractivity contribution < 1.29 is 4.39 Å². The Morgan fingerprint density at radius 1 is 1.47 bits per heavy atom. The molecular weight excluding hydrogens is 285 g/mol. The van der Waals surface area contributed by atoms with Gasteiger partial charge in [-0.2, -0.15) is 5.10 Å². The Labute approximate surface area is 121 Å². The Balaban J connectivity index is 2.43. The summed E-state index contributed by atoms with van der Waals surface area (Å²) in [5.41, 5.74) is 8.58. The highest BCUT2D eigenvalue weighted by atomic mass is 35.5. The Hall–Kier alpha value is -1.46. The summed E-state index contributed by atoms with van der Waals surface area (Å²) in [6, 6.07) is 4.38. The number of nitrogens with zero attached hydrogens (tertiary/aromatic N) is 2. The summed E-state index contributed by atoms with van der Waals surface area (Å²) in [6.07, 6.45) is 0. The lowest BCUT2D eigenvalue weighted by Crippen LogP contribution is -2.15. The molecule has 1 heterocycles. The van der Waals surface area contributed by atoms with E-state index in [1.54, 1.807) is 10.7 Å². The summed E-state index contributed by atoms with van der Waals surface area (Å²) < 4.78 is 15.0. The van der Waals surface area contributed by atoms with Crippen LogP contribution in [0, 0.1) is 19.7 Å². The first-order valence-corrected chi connectivity index (χ1v) is 6.46. The summed E-state index contributed by atoms with van der Waals surface area (Å²) in [4.78, 5) is 0.169. The molecule has 0 aliphatic carbocycles. The fraction of sp³-hybridized carbons (Fsp3) is 0.231. The maximum Gasteiger partial charge on any atom is 0.123 e. The van der Waals surface area contributed by atoms with Crippen molar-refractivity contribution in [2.24, 2.45) is 5.73 Å². The van der Waals surface area contributed by atoms with Crippen LogP contribution in [0.25, 0.3) is 0 Å². The van der Waals surface area contributed by atoms with E-state index < -0.39 is 0 Å². The number of hydrogen-bond donors (Lipinski definition) is 1. The lowest BCUT2D eigenvalue weighted by Gasteiger charge is -2.10. The zero-order chi connectivity index (χ0) is 14.2. The monoisotopic (exact) mass is 297 g/mol. The van der Waals surface area contributed by atoms with Crippen molar-refractivity contribution in [3.8, 4) is 0 Å². The molecule has 6 heteroatoms. The number of thiocarbonyl (C=S) groups is 1. The number of nitrogens with two attached hydrogens (primary N) is 1. The van der Waals surface area contributed by atoms with Gasteiger partial charge < -0.3 is 5.73 Å². The summed E-state index contributed by atoms with van der Waals surface area (Å²) in [7, 11) is 0. The first kappa shape index (κ1) is 14.0. The van der Waals surface area contributed by atoms with E-state index in [1.807, 2.05) is 13.8 Å². The molecule has 100 valence electrons. The standard InChI is InChI=1S/C13H13ClFN3S/c1-7-12(14)8(2)18(17-7)6-9-3-4-10(15)5-11(9)13(16)19/h3-5H,6H2,1-2H3,(H2,16,19). The topological polar surface area (TPSA) is 43.8 Å². The van der Waals surface area contributed by atoms with Gasteiger partial charge in [0.2, 0.25) is 0 Å². The maximum atomic E-state index is 13.2. The molecule has 0 bridgehead atoms. The van der Waals surface area contributed by atoms with Crippen molar-refractivity contribution in [2.75, 3.05) is 0 Å². The molecule has 1 aromatic carbocycles. The van der Waals surface area contributed by atoms with E-state index in [0.717, 1.165) is 17.0 Å². The number of hydrogen-bond acceptors (Lipinski definition) is 2. The Kier molecular flexibility index (Phi) is 3.87. The third kappa shape index (κ3) is 2.77. The van der Waals surface area contributed by atoms with Crippen LogP contribution in [-0.2, 0) is 6.54 Å². The van der Waals surface area contributed by atoms with Crippen LogP contribution in [0.3, 0.4) is 0 Å². The predicted octanol–water partition coefficient (Wildman–Crippen LogP) is 2.97. The Bertz CT molecular complexity index is 652. The highest BCUT2D eigenvalue weighted by molar-refractivity contribution is 7.80. The highest BCUT2D eigenvalue weighted by Gasteiger charge is 2.12. The van der Waals surface area contributed by atoms with Crippen molar-refractivity contribution >= 4 is 28.8 Å². The first-order valence-electron chi connectivity index (χ1n) is 5.68. The van der Waals surface area contributed by atoms with Gasteiger partial charge in [-0.3, -0.25) is 4.68 Å². The molecule has 2 N–H and O–H groups in total. The SMILES string of the molecule is Cc1nn(Cc2ccc(F)cc2C(N)=S)c(C)c1Cl. The van der Waals surface area contributed by atoms with Gasteiger partial charge in [-0.1, -0.05) is 29.9 Å². The summed E-state index contributed by atoms with van der Waals surface area (Å²) in [5, 5.41) is 4.97. The quantitative estimate of drug-likeness (QED) is 0.886. The number of rotatable bonds is 3. The summed E-state index contributed by atoms with van der Waals surface area (Å²) in [6.45, 7) is 4.17. The van der Waals surface area contributed by atoms with Crippen LogP contribution in [-0.4, -0.2) is 14.8 Å². The molecule has 0 saturated heterocycles. The van der Waals surface area contributed by atoms with Crippen molar-refractivity contribution in [3.63, 3.8) is 0 Å². The van der Waals surface area contributed by atoms with Gasteiger partial charge in [0.05, 0.1) is 23.0 Å². The smallest absolute Gasteiger partial charge is 0.123 e. The molecule has 0 saturated carbocycles. The normalized spacial score (nSPS) is 10.7. The maximum absolute atomic E-state index is 13.2. The van der Waals surface area contributed by atoms with E-state index in [9.17, 15) is 4.39 Å². The van der Waals surface area contributed by atoms with Crippen molar-refractivity contribution in [2.45, 2.75) is 20.4 Å². The van der Waals surface area contributed by atoms with Gasteiger partial charge in [0.25, 0.3) is 0 Å². The van der Waals surface area contributed by atoms with Gasteiger partial charge in [0.1, 0.15) is 10.8 Å². The molecule has 19 heavy (non-hydrogen) atoms. The first-order chi connectivity index (χ1) is 8.90. The van der Waals surface area contributed by atoms with E-state index >= 15 is 0 Å². The molecule has 3 nitrogen and oxygen atoms in total. The fourth-order valence-electron chi connectivity index (χ4n) is 1.91. The van der Waals surface area contributed by atoms with Gasteiger partial charge in [0.15, 0.2) is 0 Å². The minimum atomic E-state index is -0.363. The van der Waals surface area contributed by atoms with E-state index in [2.05, 4.69) is 5.10 Å². The minimum absolute atomic E-state index is 0.169. The molecule has 0 aliphatic rings. The molecule has 0 spiro atoms. The van der Waals surface area contributed by atoms with Gasteiger partial charge in [-0.25, -0.2) is 4.39 Å². The minimum Gasteiger partial charge on any atom is -0.389 e.